The van der Waals surface area contributed by atoms with Gasteiger partial charge in [0.05, 0.1) is 19.7 Å². The van der Waals surface area contributed by atoms with Gasteiger partial charge in [0, 0.05) is 18.0 Å². The maximum atomic E-state index is 12.6. The van der Waals surface area contributed by atoms with Crippen molar-refractivity contribution in [3.05, 3.63) is 36.0 Å². The topological polar surface area (TPSA) is 74.4 Å². The van der Waals surface area contributed by atoms with Crippen molar-refractivity contribution in [2.45, 2.75) is 58.7 Å². The molecule has 0 N–H and O–H groups in total. The van der Waals surface area contributed by atoms with Gasteiger partial charge in [-0.2, -0.15) is 0 Å². The SMILES string of the molecule is COC1=N[C@@H](Cc2cccc3c2ccn3C(=O)OC(C)(C)C)C(OC)=NC1C(C)C. The largest absolute Gasteiger partial charge is 0.483 e. The Bertz CT molecular complexity index is 982. The molecule has 1 aliphatic rings. The summed E-state index contributed by atoms with van der Waals surface area (Å²) in [6.07, 6.45) is 1.93. The highest BCUT2D eigenvalue weighted by molar-refractivity contribution is 5.95. The summed E-state index contributed by atoms with van der Waals surface area (Å²) in [5.74, 6) is 1.47. The van der Waals surface area contributed by atoms with Gasteiger partial charge in [0.25, 0.3) is 0 Å². The number of hydrogen-bond acceptors (Lipinski definition) is 6. The Hall–Kier alpha value is -2.83. The Balaban J connectivity index is 1.93. The van der Waals surface area contributed by atoms with E-state index in [1.54, 1.807) is 20.4 Å². The van der Waals surface area contributed by atoms with E-state index in [4.69, 9.17) is 24.2 Å². The average Bonchev–Trinajstić information content (AvgIpc) is 3.11. The monoisotopic (exact) mass is 413 g/mol. The molecule has 1 aromatic carbocycles. The van der Waals surface area contributed by atoms with Crippen LogP contribution < -0.4 is 0 Å². The smallest absolute Gasteiger partial charge is 0.418 e. The van der Waals surface area contributed by atoms with Crippen LogP contribution in [0.15, 0.2) is 40.4 Å². The summed E-state index contributed by atoms with van der Waals surface area (Å²) in [5.41, 5.74) is 1.28. The van der Waals surface area contributed by atoms with Gasteiger partial charge in [0.15, 0.2) is 0 Å². The highest BCUT2D eigenvalue weighted by Gasteiger charge is 2.31. The number of fused-ring (bicyclic) bond motifs is 1. The highest BCUT2D eigenvalue weighted by atomic mass is 16.6. The van der Waals surface area contributed by atoms with Crippen molar-refractivity contribution in [1.82, 2.24) is 4.57 Å². The number of aromatic nitrogens is 1. The Morgan fingerprint density at radius 3 is 2.40 bits per heavy atom. The zero-order valence-electron chi connectivity index (χ0n) is 18.8. The van der Waals surface area contributed by atoms with E-state index in [-0.39, 0.29) is 18.0 Å². The summed E-state index contributed by atoms with van der Waals surface area (Å²) in [4.78, 5) is 22.1. The zero-order chi connectivity index (χ0) is 22.1. The molecule has 0 saturated carbocycles. The number of ether oxygens (including phenoxy) is 3. The van der Waals surface area contributed by atoms with Crippen LogP contribution in [0.2, 0.25) is 0 Å². The molecule has 0 bridgehead atoms. The van der Waals surface area contributed by atoms with E-state index in [0.29, 0.717) is 18.2 Å². The van der Waals surface area contributed by atoms with Gasteiger partial charge in [0.1, 0.15) is 17.7 Å². The summed E-state index contributed by atoms with van der Waals surface area (Å²) in [5, 5.41) is 0.971. The highest BCUT2D eigenvalue weighted by Crippen LogP contribution is 2.26. The Morgan fingerprint density at radius 1 is 1.10 bits per heavy atom. The van der Waals surface area contributed by atoms with Gasteiger partial charge in [-0.3, -0.25) is 4.57 Å². The van der Waals surface area contributed by atoms with Crippen molar-refractivity contribution in [2.24, 2.45) is 15.9 Å². The first-order valence-corrected chi connectivity index (χ1v) is 10.2. The molecule has 7 nitrogen and oxygen atoms in total. The van der Waals surface area contributed by atoms with Crippen molar-refractivity contribution in [2.75, 3.05) is 14.2 Å². The van der Waals surface area contributed by atoms with E-state index in [0.717, 1.165) is 16.5 Å². The van der Waals surface area contributed by atoms with Crippen LogP contribution in [0.3, 0.4) is 0 Å². The van der Waals surface area contributed by atoms with Crippen LogP contribution >= 0.6 is 0 Å². The average molecular weight is 414 g/mol. The fourth-order valence-corrected chi connectivity index (χ4v) is 3.58. The minimum Gasteiger partial charge on any atom is -0.483 e. The number of aliphatic imine (C=N–C) groups is 2. The van der Waals surface area contributed by atoms with Gasteiger partial charge >= 0.3 is 6.09 Å². The third kappa shape index (κ3) is 4.50. The molecule has 0 spiro atoms. The molecule has 162 valence electrons. The minimum atomic E-state index is -0.560. The van der Waals surface area contributed by atoms with Gasteiger partial charge < -0.3 is 14.2 Å². The lowest BCUT2D eigenvalue weighted by Crippen LogP contribution is -2.38. The molecule has 30 heavy (non-hydrogen) atoms. The fourth-order valence-electron chi connectivity index (χ4n) is 3.58. The van der Waals surface area contributed by atoms with Crippen molar-refractivity contribution in [3.63, 3.8) is 0 Å². The first-order valence-electron chi connectivity index (χ1n) is 10.2. The van der Waals surface area contributed by atoms with Crippen molar-refractivity contribution in [3.8, 4) is 0 Å². The molecule has 7 heteroatoms. The maximum Gasteiger partial charge on any atom is 0.418 e. The van der Waals surface area contributed by atoms with Gasteiger partial charge in [-0.15, -0.1) is 0 Å². The van der Waals surface area contributed by atoms with Crippen LogP contribution in [-0.2, 0) is 20.6 Å². The second-order valence-corrected chi connectivity index (χ2v) is 8.77. The lowest BCUT2D eigenvalue weighted by atomic mass is 9.99. The summed E-state index contributed by atoms with van der Waals surface area (Å²) in [6, 6.07) is 7.38. The number of benzene rings is 1. The summed E-state index contributed by atoms with van der Waals surface area (Å²) < 4.78 is 18.1. The molecule has 1 unspecified atom stereocenters. The van der Waals surface area contributed by atoms with E-state index in [2.05, 4.69) is 13.8 Å². The van der Waals surface area contributed by atoms with Crippen LogP contribution in [0.5, 0.6) is 0 Å². The van der Waals surface area contributed by atoms with Crippen LogP contribution in [0.25, 0.3) is 10.9 Å². The van der Waals surface area contributed by atoms with E-state index >= 15 is 0 Å². The Labute approximate surface area is 177 Å². The molecular formula is C23H31N3O4. The molecule has 0 fully saturated rings. The van der Waals surface area contributed by atoms with Crippen molar-refractivity contribution in [1.29, 1.82) is 0 Å². The predicted octanol–water partition coefficient (Wildman–Crippen LogP) is 4.46. The molecule has 1 aromatic heterocycles. The molecule has 0 aliphatic carbocycles. The van der Waals surface area contributed by atoms with Crippen LogP contribution in [0.1, 0.15) is 40.2 Å². The van der Waals surface area contributed by atoms with Crippen LogP contribution in [0, 0.1) is 5.92 Å². The molecule has 2 atom stereocenters. The Morgan fingerprint density at radius 2 is 1.80 bits per heavy atom. The zero-order valence-corrected chi connectivity index (χ0v) is 18.8. The molecular weight excluding hydrogens is 382 g/mol. The van der Waals surface area contributed by atoms with Gasteiger partial charge in [0.2, 0.25) is 11.8 Å². The molecule has 2 heterocycles. The predicted molar refractivity (Wildman–Crippen MR) is 119 cm³/mol. The fraction of sp³-hybridized carbons (Fsp3) is 0.522. The molecule has 0 amide bonds. The first kappa shape index (κ1) is 21.9. The first-order chi connectivity index (χ1) is 14.1. The lowest BCUT2D eigenvalue weighted by molar-refractivity contribution is 0.0544. The third-order valence-corrected chi connectivity index (χ3v) is 4.96. The van der Waals surface area contributed by atoms with Crippen LogP contribution in [0.4, 0.5) is 4.79 Å². The summed E-state index contributed by atoms with van der Waals surface area (Å²) in [7, 11) is 3.25. The molecule has 0 radical (unpaired) electrons. The number of hydrogen-bond donors (Lipinski definition) is 0. The second-order valence-electron chi connectivity index (χ2n) is 8.77. The van der Waals surface area contributed by atoms with Gasteiger partial charge in [-0.25, -0.2) is 14.8 Å². The number of carbonyl (C=O) groups excluding carboxylic acids is 1. The maximum absolute atomic E-state index is 12.6. The molecule has 0 saturated heterocycles. The molecule has 3 rings (SSSR count). The lowest BCUT2D eigenvalue weighted by Gasteiger charge is -2.27. The second kappa shape index (κ2) is 8.50. The van der Waals surface area contributed by atoms with E-state index in [1.165, 1.54) is 4.57 Å². The summed E-state index contributed by atoms with van der Waals surface area (Å²) >= 11 is 0. The van der Waals surface area contributed by atoms with E-state index in [1.807, 2.05) is 45.0 Å². The quantitative estimate of drug-likeness (QED) is 0.744. The summed E-state index contributed by atoms with van der Waals surface area (Å²) in [6.45, 7) is 9.72. The number of nitrogens with zero attached hydrogens (tertiary/aromatic N) is 3. The number of rotatable bonds is 3. The van der Waals surface area contributed by atoms with Crippen molar-refractivity contribution >= 4 is 28.8 Å². The molecule has 1 aliphatic heterocycles. The number of methoxy groups -OCH3 is 2. The van der Waals surface area contributed by atoms with Gasteiger partial charge in [-0.1, -0.05) is 26.0 Å². The number of carbonyl (C=O) groups is 1. The van der Waals surface area contributed by atoms with E-state index < -0.39 is 11.7 Å². The Kier molecular flexibility index (Phi) is 6.19. The normalized spacial score (nSPS) is 19.5. The molecule has 2 aromatic rings. The van der Waals surface area contributed by atoms with Gasteiger partial charge in [-0.05, 0) is 44.4 Å². The van der Waals surface area contributed by atoms with Crippen LogP contribution in [-0.4, -0.2) is 54.4 Å². The van der Waals surface area contributed by atoms with E-state index in [9.17, 15) is 4.79 Å². The standard InChI is InChI=1S/C23H31N3O4/c1-14(2)19-21(29-7)24-17(20(25-19)28-6)13-15-9-8-10-18-16(15)11-12-26(18)22(27)30-23(3,4)5/h8-12,14,17,19H,13H2,1-7H3/t17-,19?/m0/s1. The third-order valence-electron chi connectivity index (χ3n) is 4.96. The van der Waals surface area contributed by atoms with Crippen molar-refractivity contribution < 1.29 is 19.0 Å². The minimum absolute atomic E-state index is 0.148.